The Morgan fingerprint density at radius 3 is 2.24 bits per heavy atom. The van der Waals surface area contributed by atoms with Crippen LogP contribution in [0.25, 0.3) is 0 Å². The van der Waals surface area contributed by atoms with E-state index in [1.165, 1.54) is 19.1 Å². The van der Waals surface area contributed by atoms with Crippen molar-refractivity contribution in [1.29, 1.82) is 0 Å². The zero-order valence-electron chi connectivity index (χ0n) is 18.6. The van der Waals surface area contributed by atoms with E-state index >= 15 is 0 Å². The lowest BCUT2D eigenvalue weighted by molar-refractivity contribution is -0.143. The summed E-state index contributed by atoms with van der Waals surface area (Å²) in [5.41, 5.74) is 2.69. The van der Waals surface area contributed by atoms with Crippen LogP contribution in [0.5, 0.6) is 5.75 Å². The second-order valence-corrected chi connectivity index (χ2v) is 7.73. The van der Waals surface area contributed by atoms with Gasteiger partial charge in [-0.2, -0.15) is 0 Å². The van der Waals surface area contributed by atoms with Crippen molar-refractivity contribution < 1.29 is 29.3 Å². The van der Waals surface area contributed by atoms with Crippen LogP contribution in [0.2, 0.25) is 0 Å². The van der Waals surface area contributed by atoms with E-state index in [0.29, 0.717) is 11.3 Å². The Morgan fingerprint density at radius 2 is 1.59 bits per heavy atom. The van der Waals surface area contributed by atoms with Crippen molar-refractivity contribution in [3.63, 3.8) is 0 Å². The predicted octanol–water partition coefficient (Wildman–Crippen LogP) is 3.27. The molecular weight excluding hydrogens is 436 g/mol. The van der Waals surface area contributed by atoms with Gasteiger partial charge in [0.05, 0.1) is 0 Å². The van der Waals surface area contributed by atoms with E-state index in [-0.39, 0.29) is 18.1 Å². The average molecular weight is 463 g/mol. The molecule has 2 unspecified atom stereocenters. The standard InChI is InChI=1S/C26H26N2O6/c1-17(29)27-23(14-18-10-12-22(30)13-11-18)26(33)28-21-9-5-8-20(15-21)25(34-16-24(31)32)19-6-3-2-4-7-19/h2-13,15,23,25,30H,14,16H2,1H3,(H,27,29)(H,28,33)(H,31,32). The number of aromatic hydroxyl groups is 1. The van der Waals surface area contributed by atoms with Gasteiger partial charge in [-0.25, -0.2) is 4.79 Å². The van der Waals surface area contributed by atoms with Gasteiger partial charge in [0.15, 0.2) is 0 Å². The van der Waals surface area contributed by atoms with Gasteiger partial charge in [-0.3, -0.25) is 9.59 Å². The van der Waals surface area contributed by atoms with Crippen LogP contribution >= 0.6 is 0 Å². The molecule has 0 aliphatic carbocycles. The Kier molecular flexibility index (Phi) is 8.37. The molecule has 3 rings (SSSR count). The second kappa shape index (κ2) is 11.6. The molecule has 176 valence electrons. The number of rotatable bonds is 10. The molecule has 0 spiro atoms. The van der Waals surface area contributed by atoms with Crippen LogP contribution in [0.15, 0.2) is 78.9 Å². The van der Waals surface area contributed by atoms with Crippen LogP contribution in [-0.4, -0.2) is 40.6 Å². The van der Waals surface area contributed by atoms with Crippen LogP contribution in [0.3, 0.4) is 0 Å². The zero-order chi connectivity index (χ0) is 24.5. The van der Waals surface area contributed by atoms with Gasteiger partial charge >= 0.3 is 5.97 Å². The summed E-state index contributed by atoms with van der Waals surface area (Å²) in [6, 6.07) is 21.7. The predicted molar refractivity (Wildman–Crippen MR) is 126 cm³/mol. The molecule has 0 saturated carbocycles. The summed E-state index contributed by atoms with van der Waals surface area (Å²) in [6.07, 6.45) is -0.406. The van der Waals surface area contributed by atoms with Crippen molar-refractivity contribution in [2.45, 2.75) is 25.5 Å². The van der Waals surface area contributed by atoms with Crippen molar-refractivity contribution in [2.75, 3.05) is 11.9 Å². The summed E-state index contributed by atoms with van der Waals surface area (Å²) in [5.74, 6) is -1.74. The first-order valence-electron chi connectivity index (χ1n) is 10.7. The normalized spacial score (nSPS) is 12.4. The van der Waals surface area contributed by atoms with E-state index in [9.17, 15) is 19.5 Å². The summed E-state index contributed by atoms with van der Waals surface area (Å²) in [5, 5.41) is 24.0. The summed E-state index contributed by atoms with van der Waals surface area (Å²) < 4.78 is 5.63. The summed E-state index contributed by atoms with van der Waals surface area (Å²) >= 11 is 0. The van der Waals surface area contributed by atoms with Gasteiger partial charge in [-0.1, -0.05) is 54.6 Å². The molecule has 0 bridgehead atoms. The van der Waals surface area contributed by atoms with Crippen molar-refractivity contribution >= 4 is 23.5 Å². The highest BCUT2D eigenvalue weighted by Gasteiger charge is 2.21. The molecule has 8 nitrogen and oxygen atoms in total. The van der Waals surface area contributed by atoms with Crippen molar-refractivity contribution in [1.82, 2.24) is 5.32 Å². The van der Waals surface area contributed by atoms with Gasteiger partial charge < -0.3 is 25.6 Å². The van der Waals surface area contributed by atoms with Crippen molar-refractivity contribution in [3.8, 4) is 5.75 Å². The van der Waals surface area contributed by atoms with Gasteiger partial charge in [0.2, 0.25) is 11.8 Å². The number of hydrogen-bond donors (Lipinski definition) is 4. The molecule has 0 radical (unpaired) electrons. The Morgan fingerprint density at radius 1 is 0.912 bits per heavy atom. The largest absolute Gasteiger partial charge is 0.508 e. The van der Waals surface area contributed by atoms with Crippen LogP contribution in [-0.2, 0) is 25.5 Å². The molecule has 2 atom stereocenters. The number of carboxylic acids is 1. The Labute approximate surface area is 197 Å². The van der Waals surface area contributed by atoms with Crippen LogP contribution in [0.4, 0.5) is 5.69 Å². The molecule has 34 heavy (non-hydrogen) atoms. The Hall–Kier alpha value is -4.17. The SMILES string of the molecule is CC(=O)NC(Cc1ccc(O)cc1)C(=O)Nc1cccc(C(OCC(=O)O)c2ccccc2)c1. The second-order valence-electron chi connectivity index (χ2n) is 7.73. The van der Waals surface area contributed by atoms with E-state index in [1.807, 2.05) is 30.3 Å². The minimum absolute atomic E-state index is 0.110. The first kappa shape index (κ1) is 24.5. The maximum atomic E-state index is 13.0. The number of carboxylic acid groups (broad SMARTS) is 1. The van der Waals surface area contributed by atoms with Crippen LogP contribution < -0.4 is 10.6 Å². The third-order valence-electron chi connectivity index (χ3n) is 5.00. The van der Waals surface area contributed by atoms with Crippen LogP contribution in [0, 0.1) is 0 Å². The van der Waals surface area contributed by atoms with Gasteiger partial charge in [-0.15, -0.1) is 0 Å². The number of ether oxygens (including phenoxy) is 1. The Balaban J connectivity index is 1.80. The minimum Gasteiger partial charge on any atom is -0.508 e. The average Bonchev–Trinajstić information content (AvgIpc) is 2.81. The number of benzene rings is 3. The summed E-state index contributed by atoms with van der Waals surface area (Å²) in [7, 11) is 0. The number of anilines is 1. The lowest BCUT2D eigenvalue weighted by Crippen LogP contribution is -2.44. The monoisotopic (exact) mass is 462 g/mol. The Bertz CT molecular complexity index is 1130. The number of aliphatic carboxylic acids is 1. The molecule has 3 aromatic carbocycles. The molecule has 3 aromatic rings. The number of amides is 2. The van der Waals surface area contributed by atoms with Gasteiger partial charge in [0.25, 0.3) is 0 Å². The number of phenolic OH excluding ortho intramolecular Hbond substituents is 1. The fraction of sp³-hybridized carbons (Fsp3) is 0.192. The highest BCUT2D eigenvalue weighted by atomic mass is 16.5. The van der Waals surface area contributed by atoms with Crippen LogP contribution in [0.1, 0.15) is 29.7 Å². The van der Waals surface area contributed by atoms with E-state index in [2.05, 4.69) is 10.6 Å². The van der Waals surface area contributed by atoms with E-state index in [4.69, 9.17) is 9.84 Å². The molecule has 8 heteroatoms. The molecule has 2 amide bonds. The first-order chi connectivity index (χ1) is 16.3. The van der Waals surface area contributed by atoms with E-state index < -0.39 is 30.6 Å². The molecular formula is C26H26N2O6. The quantitative estimate of drug-likeness (QED) is 0.367. The minimum atomic E-state index is -1.09. The number of hydrogen-bond acceptors (Lipinski definition) is 5. The maximum absolute atomic E-state index is 13.0. The third-order valence-corrected chi connectivity index (χ3v) is 5.00. The van der Waals surface area contributed by atoms with Crippen molar-refractivity contribution in [3.05, 3.63) is 95.6 Å². The van der Waals surface area contributed by atoms with E-state index in [0.717, 1.165) is 11.1 Å². The fourth-order valence-corrected chi connectivity index (χ4v) is 3.50. The fourth-order valence-electron chi connectivity index (χ4n) is 3.50. The molecule has 0 saturated heterocycles. The topological polar surface area (TPSA) is 125 Å². The molecule has 0 fully saturated rings. The van der Waals surface area contributed by atoms with E-state index in [1.54, 1.807) is 36.4 Å². The zero-order valence-corrected chi connectivity index (χ0v) is 18.6. The highest BCUT2D eigenvalue weighted by molar-refractivity contribution is 5.97. The molecule has 0 aromatic heterocycles. The summed E-state index contributed by atoms with van der Waals surface area (Å²) in [6.45, 7) is 0.857. The molecule has 0 aliphatic rings. The van der Waals surface area contributed by atoms with Gasteiger partial charge in [0, 0.05) is 19.0 Å². The molecule has 0 heterocycles. The summed E-state index contributed by atoms with van der Waals surface area (Å²) in [4.78, 5) is 35.8. The number of phenols is 1. The highest BCUT2D eigenvalue weighted by Crippen LogP contribution is 2.28. The van der Waals surface area contributed by atoms with Gasteiger partial charge in [0.1, 0.15) is 24.5 Å². The van der Waals surface area contributed by atoms with Crippen molar-refractivity contribution in [2.24, 2.45) is 0 Å². The number of carbonyl (C=O) groups excluding carboxylic acids is 2. The van der Waals surface area contributed by atoms with Gasteiger partial charge in [-0.05, 0) is 41.0 Å². The first-order valence-corrected chi connectivity index (χ1v) is 10.7. The maximum Gasteiger partial charge on any atom is 0.329 e. The third kappa shape index (κ3) is 7.18. The molecule has 0 aliphatic heterocycles. The number of nitrogens with one attached hydrogen (secondary N) is 2. The lowest BCUT2D eigenvalue weighted by atomic mass is 10.0. The molecule has 4 N–H and O–H groups in total. The number of carbonyl (C=O) groups is 3. The smallest absolute Gasteiger partial charge is 0.329 e. The lowest BCUT2D eigenvalue weighted by Gasteiger charge is -2.20.